The van der Waals surface area contributed by atoms with Crippen molar-refractivity contribution in [1.29, 1.82) is 5.26 Å². The summed E-state index contributed by atoms with van der Waals surface area (Å²) < 4.78 is 0. The third-order valence-electron chi connectivity index (χ3n) is 4.44. The number of rotatable bonds is 2. The van der Waals surface area contributed by atoms with Crippen molar-refractivity contribution in [2.24, 2.45) is 5.92 Å². The van der Waals surface area contributed by atoms with Crippen LogP contribution in [0.5, 0.6) is 0 Å². The molecule has 1 nitrogen and oxygen atoms in total. The van der Waals surface area contributed by atoms with Crippen LogP contribution in [0.2, 0.25) is 0 Å². The number of hydrogen-bond donors (Lipinski definition) is 0. The van der Waals surface area contributed by atoms with E-state index in [9.17, 15) is 0 Å². The van der Waals surface area contributed by atoms with E-state index >= 15 is 0 Å². The average molecular weight is 261 g/mol. The maximum absolute atomic E-state index is 8.94. The molecule has 1 heteroatoms. The molecule has 20 heavy (non-hydrogen) atoms. The Bertz CT molecular complexity index is 703. The third kappa shape index (κ3) is 2.47. The Hall–Kier alpha value is -2.07. The lowest BCUT2D eigenvalue weighted by atomic mass is 9.85. The predicted molar refractivity (Wildman–Crippen MR) is 84.3 cm³/mol. The lowest BCUT2D eigenvalue weighted by Gasteiger charge is -2.21. The summed E-state index contributed by atoms with van der Waals surface area (Å²) in [6, 6.07) is 14.7. The summed E-state index contributed by atoms with van der Waals surface area (Å²) in [5, 5.41) is 11.3. The quantitative estimate of drug-likeness (QED) is 0.719. The molecule has 2 aromatic rings. The Morgan fingerprint density at radius 2 is 1.95 bits per heavy atom. The van der Waals surface area contributed by atoms with E-state index in [-0.39, 0.29) is 0 Å². The molecule has 0 fully saturated rings. The summed E-state index contributed by atoms with van der Waals surface area (Å²) in [4.78, 5) is 0. The molecule has 3 rings (SSSR count). The first kappa shape index (κ1) is 12.9. The minimum atomic E-state index is 0.730. The largest absolute Gasteiger partial charge is 0.192 e. The molecule has 0 aliphatic heterocycles. The predicted octanol–water partition coefficient (Wildman–Crippen LogP) is 5.30. The molecule has 1 unspecified atom stereocenters. The van der Waals surface area contributed by atoms with Gasteiger partial charge in [0.15, 0.2) is 0 Å². The summed E-state index contributed by atoms with van der Waals surface area (Å²) in [6.45, 7) is 2.28. The molecule has 0 N–H and O–H groups in total. The number of nitriles is 1. The van der Waals surface area contributed by atoms with Crippen LogP contribution in [-0.4, -0.2) is 0 Å². The second kappa shape index (κ2) is 5.51. The number of hydrogen-bond acceptors (Lipinski definition) is 1. The van der Waals surface area contributed by atoms with Gasteiger partial charge < -0.3 is 0 Å². The van der Waals surface area contributed by atoms with Crippen molar-refractivity contribution < 1.29 is 0 Å². The first-order chi connectivity index (χ1) is 9.80. The van der Waals surface area contributed by atoms with E-state index in [1.807, 2.05) is 12.1 Å². The lowest BCUT2D eigenvalue weighted by Crippen LogP contribution is -2.03. The second-order valence-electron chi connectivity index (χ2n) is 5.67. The van der Waals surface area contributed by atoms with Crippen LogP contribution in [0, 0.1) is 17.2 Å². The van der Waals surface area contributed by atoms with Crippen LogP contribution in [0.3, 0.4) is 0 Å². The molecular weight excluding hydrogens is 242 g/mol. The minimum Gasteiger partial charge on any atom is -0.192 e. The van der Waals surface area contributed by atoms with Gasteiger partial charge in [0.1, 0.15) is 0 Å². The Morgan fingerprint density at radius 3 is 2.65 bits per heavy atom. The molecule has 1 atom stereocenters. The Balaban J connectivity index is 1.94. The number of allylic oxidation sites excluding steroid dienone is 2. The number of benzene rings is 2. The van der Waals surface area contributed by atoms with Gasteiger partial charge in [-0.25, -0.2) is 0 Å². The maximum Gasteiger partial charge on any atom is 0.0991 e. The van der Waals surface area contributed by atoms with Crippen LogP contribution in [-0.2, 0) is 0 Å². The molecule has 1 aliphatic carbocycles. The highest BCUT2D eigenvalue weighted by Gasteiger charge is 2.13. The summed E-state index contributed by atoms with van der Waals surface area (Å²) in [7, 11) is 0. The van der Waals surface area contributed by atoms with Crippen LogP contribution in [0.4, 0.5) is 0 Å². The first-order valence-corrected chi connectivity index (χ1v) is 7.43. The van der Waals surface area contributed by atoms with E-state index < -0.39 is 0 Å². The second-order valence-corrected chi connectivity index (χ2v) is 5.67. The monoisotopic (exact) mass is 261 g/mol. The molecule has 2 aromatic carbocycles. The van der Waals surface area contributed by atoms with Crippen molar-refractivity contribution in [2.75, 3.05) is 0 Å². The van der Waals surface area contributed by atoms with Crippen LogP contribution in [0.1, 0.15) is 43.7 Å². The van der Waals surface area contributed by atoms with E-state index in [0.29, 0.717) is 0 Å². The molecule has 0 bridgehead atoms. The van der Waals surface area contributed by atoms with Gasteiger partial charge in [0.05, 0.1) is 11.6 Å². The van der Waals surface area contributed by atoms with Gasteiger partial charge in [0.2, 0.25) is 0 Å². The van der Waals surface area contributed by atoms with E-state index in [0.717, 1.165) is 16.9 Å². The van der Waals surface area contributed by atoms with E-state index in [2.05, 4.69) is 43.3 Å². The third-order valence-corrected chi connectivity index (χ3v) is 4.44. The fourth-order valence-corrected chi connectivity index (χ4v) is 3.04. The molecule has 0 saturated heterocycles. The molecule has 0 aromatic heterocycles. The van der Waals surface area contributed by atoms with Gasteiger partial charge >= 0.3 is 0 Å². The smallest absolute Gasteiger partial charge is 0.0991 e. The summed E-state index contributed by atoms with van der Waals surface area (Å²) in [5.74, 6) is 0.873. The minimum absolute atomic E-state index is 0.730. The van der Waals surface area contributed by atoms with E-state index in [4.69, 9.17) is 5.26 Å². The Kier molecular flexibility index (Phi) is 3.56. The normalized spacial score (nSPS) is 18.6. The summed E-state index contributed by atoms with van der Waals surface area (Å²) >= 11 is 0. The zero-order chi connectivity index (χ0) is 13.9. The van der Waals surface area contributed by atoms with Crippen LogP contribution in [0.25, 0.3) is 16.3 Å². The van der Waals surface area contributed by atoms with Gasteiger partial charge in [0.25, 0.3) is 0 Å². The van der Waals surface area contributed by atoms with Gasteiger partial charge in [-0.15, -0.1) is 0 Å². The van der Waals surface area contributed by atoms with E-state index in [1.165, 1.54) is 42.2 Å². The molecular formula is C19H19N. The van der Waals surface area contributed by atoms with Crippen molar-refractivity contribution in [1.82, 2.24) is 0 Å². The molecule has 0 radical (unpaired) electrons. The summed E-state index contributed by atoms with van der Waals surface area (Å²) in [6.07, 6.45) is 7.44. The zero-order valence-electron chi connectivity index (χ0n) is 11.9. The van der Waals surface area contributed by atoms with E-state index in [1.54, 1.807) is 0 Å². The molecule has 0 spiro atoms. The average Bonchev–Trinajstić information content (AvgIpc) is 2.54. The molecule has 100 valence electrons. The lowest BCUT2D eigenvalue weighted by molar-refractivity contribution is 0.471. The van der Waals surface area contributed by atoms with Gasteiger partial charge in [-0.1, -0.05) is 37.6 Å². The van der Waals surface area contributed by atoms with Crippen LogP contribution in [0.15, 0.2) is 42.5 Å². The van der Waals surface area contributed by atoms with Crippen molar-refractivity contribution in [3.63, 3.8) is 0 Å². The van der Waals surface area contributed by atoms with Crippen LogP contribution >= 0.6 is 0 Å². The maximum atomic E-state index is 8.94. The molecule has 0 heterocycles. The van der Waals surface area contributed by atoms with Gasteiger partial charge in [-0.2, -0.15) is 5.26 Å². The van der Waals surface area contributed by atoms with Gasteiger partial charge in [-0.3, -0.25) is 0 Å². The highest BCUT2D eigenvalue weighted by atomic mass is 14.2. The molecule has 1 aliphatic rings. The molecule has 0 amide bonds. The number of nitrogens with zero attached hydrogens (tertiary/aromatic N) is 1. The topological polar surface area (TPSA) is 23.8 Å². The van der Waals surface area contributed by atoms with Crippen molar-refractivity contribution in [3.05, 3.63) is 53.6 Å². The van der Waals surface area contributed by atoms with Crippen LogP contribution < -0.4 is 0 Å². The Labute approximate surface area is 120 Å². The Morgan fingerprint density at radius 1 is 1.15 bits per heavy atom. The van der Waals surface area contributed by atoms with Gasteiger partial charge in [-0.05, 0) is 65.3 Å². The first-order valence-electron chi connectivity index (χ1n) is 7.43. The molecule has 0 saturated carbocycles. The highest BCUT2D eigenvalue weighted by molar-refractivity contribution is 5.87. The SMILES string of the molecule is CCC1CC=C(c2ccc3cc(C#N)ccc3c2)CC1. The van der Waals surface area contributed by atoms with Crippen molar-refractivity contribution in [2.45, 2.75) is 32.6 Å². The van der Waals surface area contributed by atoms with Crippen molar-refractivity contribution in [3.8, 4) is 6.07 Å². The summed E-state index contributed by atoms with van der Waals surface area (Å²) in [5.41, 5.74) is 3.56. The fourth-order valence-electron chi connectivity index (χ4n) is 3.04. The van der Waals surface area contributed by atoms with Crippen molar-refractivity contribution >= 4 is 16.3 Å². The number of fused-ring (bicyclic) bond motifs is 1. The highest BCUT2D eigenvalue weighted by Crippen LogP contribution is 2.32. The standard InChI is InChI=1S/C19H19N/c1-2-14-3-6-16(7-4-14)18-10-9-17-11-15(13-20)5-8-19(17)12-18/h5-6,8-12,14H,2-4,7H2,1H3. The fraction of sp³-hybridized carbons (Fsp3) is 0.316. The zero-order valence-corrected chi connectivity index (χ0v) is 11.9. The van der Waals surface area contributed by atoms with Gasteiger partial charge in [0, 0.05) is 0 Å².